The number of hydrogen-bond donors (Lipinski definition) is 2. The Balaban J connectivity index is 2.26. The summed E-state index contributed by atoms with van der Waals surface area (Å²) in [6.07, 6.45) is 0. The SMILES string of the molecule is N[C@H](CO)c1ccc2ccc3cccc4ccc1c2c34. The van der Waals surface area contributed by atoms with E-state index < -0.39 is 0 Å². The Hall–Kier alpha value is -2.16. The Morgan fingerprint density at radius 3 is 2.10 bits per heavy atom. The molecule has 0 aliphatic rings. The van der Waals surface area contributed by atoms with Gasteiger partial charge in [-0.25, -0.2) is 0 Å². The summed E-state index contributed by atoms with van der Waals surface area (Å²) in [5, 5.41) is 16.8. The summed E-state index contributed by atoms with van der Waals surface area (Å²) in [6, 6.07) is 18.7. The van der Waals surface area contributed by atoms with Gasteiger partial charge in [0.15, 0.2) is 0 Å². The van der Waals surface area contributed by atoms with Crippen LogP contribution < -0.4 is 5.73 Å². The van der Waals surface area contributed by atoms with Crippen molar-refractivity contribution in [1.29, 1.82) is 0 Å². The Kier molecular flexibility index (Phi) is 2.43. The van der Waals surface area contributed by atoms with Gasteiger partial charge in [-0.05, 0) is 37.9 Å². The van der Waals surface area contributed by atoms with Crippen LogP contribution >= 0.6 is 0 Å². The van der Waals surface area contributed by atoms with E-state index in [0.29, 0.717) is 0 Å². The van der Waals surface area contributed by atoms with Crippen molar-refractivity contribution in [3.63, 3.8) is 0 Å². The lowest BCUT2D eigenvalue weighted by Gasteiger charge is -2.16. The van der Waals surface area contributed by atoms with Gasteiger partial charge in [-0.1, -0.05) is 54.6 Å². The summed E-state index contributed by atoms with van der Waals surface area (Å²) < 4.78 is 0. The zero-order valence-corrected chi connectivity index (χ0v) is 11.0. The molecule has 4 aromatic rings. The molecule has 0 amide bonds. The highest BCUT2D eigenvalue weighted by Gasteiger charge is 2.13. The fourth-order valence-corrected chi connectivity index (χ4v) is 3.18. The van der Waals surface area contributed by atoms with Crippen LogP contribution in [0.5, 0.6) is 0 Å². The second-order valence-electron chi connectivity index (χ2n) is 5.30. The number of rotatable bonds is 2. The predicted octanol–water partition coefficient (Wildman–Crippen LogP) is 3.58. The third-order valence-corrected chi connectivity index (χ3v) is 4.16. The molecular weight excluding hydrogens is 246 g/mol. The lowest BCUT2D eigenvalue weighted by molar-refractivity contribution is 0.268. The Morgan fingerprint density at radius 2 is 1.40 bits per heavy atom. The minimum absolute atomic E-state index is 0.0377. The predicted molar refractivity (Wildman–Crippen MR) is 84.2 cm³/mol. The maximum atomic E-state index is 9.36. The van der Waals surface area contributed by atoms with Crippen molar-refractivity contribution >= 4 is 32.3 Å². The van der Waals surface area contributed by atoms with E-state index in [9.17, 15) is 5.11 Å². The van der Waals surface area contributed by atoms with Gasteiger partial charge in [0.25, 0.3) is 0 Å². The number of nitrogens with two attached hydrogens (primary N) is 1. The smallest absolute Gasteiger partial charge is 0.0624 e. The summed E-state index contributed by atoms with van der Waals surface area (Å²) in [5.41, 5.74) is 7.05. The quantitative estimate of drug-likeness (QED) is 0.542. The molecule has 2 nitrogen and oxygen atoms in total. The maximum absolute atomic E-state index is 9.36. The molecule has 0 aliphatic carbocycles. The molecule has 0 spiro atoms. The molecule has 0 unspecified atom stereocenters. The molecule has 4 aromatic carbocycles. The second-order valence-corrected chi connectivity index (χ2v) is 5.30. The van der Waals surface area contributed by atoms with Crippen LogP contribution in [0.15, 0.2) is 54.6 Å². The van der Waals surface area contributed by atoms with Gasteiger partial charge in [-0.15, -0.1) is 0 Å². The van der Waals surface area contributed by atoms with Gasteiger partial charge in [-0.3, -0.25) is 0 Å². The Bertz CT molecular complexity index is 897. The van der Waals surface area contributed by atoms with Crippen molar-refractivity contribution < 1.29 is 5.11 Å². The van der Waals surface area contributed by atoms with Crippen molar-refractivity contribution in [2.24, 2.45) is 5.73 Å². The summed E-state index contributed by atoms with van der Waals surface area (Å²) in [7, 11) is 0. The summed E-state index contributed by atoms with van der Waals surface area (Å²) in [4.78, 5) is 0. The van der Waals surface area contributed by atoms with Gasteiger partial charge < -0.3 is 10.8 Å². The number of aliphatic hydroxyl groups is 1. The van der Waals surface area contributed by atoms with E-state index in [1.807, 2.05) is 6.07 Å². The third kappa shape index (κ3) is 1.46. The van der Waals surface area contributed by atoms with E-state index in [1.54, 1.807) is 0 Å². The molecule has 0 saturated heterocycles. The minimum Gasteiger partial charge on any atom is -0.394 e. The molecular formula is C18H15NO. The van der Waals surface area contributed by atoms with Crippen molar-refractivity contribution in [2.75, 3.05) is 6.61 Å². The minimum atomic E-state index is -0.334. The molecule has 3 N–H and O–H groups in total. The maximum Gasteiger partial charge on any atom is 0.0624 e. The standard InChI is InChI=1S/C18H15NO/c19-16(10-20)14-8-6-13-5-4-11-2-1-3-12-7-9-15(14)18(13)17(11)12/h1-9,16,20H,10,19H2/t16-/m1/s1. The van der Waals surface area contributed by atoms with E-state index in [-0.39, 0.29) is 12.6 Å². The zero-order valence-electron chi connectivity index (χ0n) is 11.0. The fourth-order valence-electron chi connectivity index (χ4n) is 3.18. The molecule has 1 atom stereocenters. The molecule has 0 saturated carbocycles. The van der Waals surface area contributed by atoms with Gasteiger partial charge in [0.2, 0.25) is 0 Å². The second kappa shape index (κ2) is 4.17. The molecule has 20 heavy (non-hydrogen) atoms. The van der Waals surface area contributed by atoms with Crippen LogP contribution in [-0.2, 0) is 0 Å². The van der Waals surface area contributed by atoms with Gasteiger partial charge in [0.05, 0.1) is 12.6 Å². The first-order valence-corrected chi connectivity index (χ1v) is 6.82. The molecule has 0 heterocycles. The average molecular weight is 261 g/mol. The van der Waals surface area contributed by atoms with Gasteiger partial charge in [-0.2, -0.15) is 0 Å². The summed E-state index contributed by atoms with van der Waals surface area (Å²) in [6.45, 7) is -0.0377. The fraction of sp³-hybridized carbons (Fsp3) is 0.111. The molecule has 0 bridgehead atoms. The van der Waals surface area contributed by atoms with Crippen LogP contribution in [0, 0.1) is 0 Å². The summed E-state index contributed by atoms with van der Waals surface area (Å²) in [5.74, 6) is 0. The van der Waals surface area contributed by atoms with Crippen molar-refractivity contribution in [3.8, 4) is 0 Å². The molecule has 0 radical (unpaired) electrons. The first-order chi connectivity index (χ1) is 9.79. The van der Waals surface area contributed by atoms with E-state index in [0.717, 1.165) is 10.9 Å². The lowest BCUT2D eigenvalue weighted by Crippen LogP contribution is -2.14. The van der Waals surface area contributed by atoms with Crippen molar-refractivity contribution in [2.45, 2.75) is 6.04 Å². The first kappa shape index (κ1) is 11.6. The van der Waals surface area contributed by atoms with Gasteiger partial charge >= 0.3 is 0 Å². The number of benzene rings is 4. The van der Waals surface area contributed by atoms with E-state index in [2.05, 4.69) is 48.5 Å². The van der Waals surface area contributed by atoms with E-state index >= 15 is 0 Å². The zero-order chi connectivity index (χ0) is 13.7. The van der Waals surface area contributed by atoms with Crippen LogP contribution in [0.1, 0.15) is 11.6 Å². The lowest BCUT2D eigenvalue weighted by atomic mass is 9.90. The van der Waals surface area contributed by atoms with E-state index in [1.165, 1.54) is 26.9 Å². The largest absolute Gasteiger partial charge is 0.394 e. The molecule has 0 fully saturated rings. The van der Waals surface area contributed by atoms with Crippen LogP contribution in [0.3, 0.4) is 0 Å². The highest BCUT2D eigenvalue weighted by molar-refractivity contribution is 6.23. The summed E-state index contributed by atoms with van der Waals surface area (Å²) >= 11 is 0. The van der Waals surface area contributed by atoms with Gasteiger partial charge in [0.1, 0.15) is 0 Å². The molecule has 0 aliphatic heterocycles. The topological polar surface area (TPSA) is 46.2 Å². The van der Waals surface area contributed by atoms with Gasteiger partial charge in [0, 0.05) is 0 Å². The Labute approximate surface area is 116 Å². The van der Waals surface area contributed by atoms with Crippen LogP contribution in [0.25, 0.3) is 32.3 Å². The van der Waals surface area contributed by atoms with Crippen LogP contribution in [0.2, 0.25) is 0 Å². The molecule has 4 rings (SSSR count). The molecule has 98 valence electrons. The number of aliphatic hydroxyl groups excluding tert-OH is 1. The Morgan fingerprint density at radius 1 is 0.800 bits per heavy atom. The number of hydrogen-bond acceptors (Lipinski definition) is 2. The highest BCUT2D eigenvalue weighted by Crippen LogP contribution is 2.36. The third-order valence-electron chi connectivity index (χ3n) is 4.16. The molecule has 2 heteroatoms. The van der Waals surface area contributed by atoms with E-state index in [4.69, 9.17) is 5.73 Å². The van der Waals surface area contributed by atoms with Crippen molar-refractivity contribution in [1.82, 2.24) is 0 Å². The van der Waals surface area contributed by atoms with Crippen molar-refractivity contribution in [3.05, 3.63) is 60.2 Å². The first-order valence-electron chi connectivity index (χ1n) is 6.82. The highest BCUT2D eigenvalue weighted by atomic mass is 16.3. The average Bonchev–Trinajstić information content (AvgIpc) is 2.51. The van der Waals surface area contributed by atoms with Crippen LogP contribution in [0.4, 0.5) is 0 Å². The monoisotopic (exact) mass is 261 g/mol. The normalized spacial score (nSPS) is 13.5. The van der Waals surface area contributed by atoms with Crippen LogP contribution in [-0.4, -0.2) is 11.7 Å². The molecule has 0 aromatic heterocycles.